The SMILES string of the molecule is CN(CCNCc1ccc(O)nn1)C(=N)NC#N. The molecule has 0 aliphatic rings. The third-order valence-corrected chi connectivity index (χ3v) is 2.19. The van der Waals surface area contributed by atoms with Crippen LogP contribution in [-0.4, -0.2) is 46.3 Å². The Bertz CT molecular complexity index is 425. The van der Waals surface area contributed by atoms with E-state index in [0.717, 1.165) is 5.69 Å². The fourth-order valence-corrected chi connectivity index (χ4v) is 1.17. The molecule has 1 aromatic heterocycles. The minimum atomic E-state index is -0.102. The predicted molar refractivity (Wildman–Crippen MR) is 64.5 cm³/mol. The van der Waals surface area contributed by atoms with Crippen molar-refractivity contribution in [2.24, 2.45) is 0 Å². The van der Waals surface area contributed by atoms with E-state index < -0.39 is 0 Å². The summed E-state index contributed by atoms with van der Waals surface area (Å²) in [6, 6.07) is 3.15. The summed E-state index contributed by atoms with van der Waals surface area (Å²) in [5, 5.41) is 37.4. The molecule has 4 N–H and O–H groups in total. The van der Waals surface area contributed by atoms with Crippen LogP contribution in [0.3, 0.4) is 0 Å². The Kier molecular flexibility index (Phi) is 5.34. The summed E-state index contributed by atoms with van der Waals surface area (Å²) in [6.07, 6.45) is 1.69. The monoisotopic (exact) mass is 249 g/mol. The summed E-state index contributed by atoms with van der Waals surface area (Å²) in [5.41, 5.74) is 0.723. The van der Waals surface area contributed by atoms with Crippen LogP contribution < -0.4 is 10.6 Å². The first-order valence-corrected chi connectivity index (χ1v) is 5.30. The standard InChI is InChI=1S/C10H15N7O/c1-17(10(12)14-7-11)5-4-13-6-8-2-3-9(18)16-15-8/h2-3,13H,4-6H2,1H3,(H2,12,14)(H,16,18). The smallest absolute Gasteiger partial charge is 0.230 e. The second-order valence-corrected chi connectivity index (χ2v) is 3.57. The van der Waals surface area contributed by atoms with Gasteiger partial charge in [-0.3, -0.25) is 10.7 Å². The molecule has 1 rings (SSSR count). The summed E-state index contributed by atoms with van der Waals surface area (Å²) >= 11 is 0. The van der Waals surface area contributed by atoms with Crippen molar-refractivity contribution in [3.8, 4) is 12.1 Å². The summed E-state index contributed by atoms with van der Waals surface area (Å²) in [5.74, 6) is -0.0433. The van der Waals surface area contributed by atoms with E-state index in [2.05, 4.69) is 20.8 Å². The number of hydrogen-bond acceptors (Lipinski definition) is 6. The van der Waals surface area contributed by atoms with Crippen LogP contribution in [-0.2, 0) is 6.54 Å². The molecule has 96 valence electrons. The molecule has 0 atom stereocenters. The van der Waals surface area contributed by atoms with Crippen molar-refractivity contribution in [1.82, 2.24) is 25.7 Å². The number of aromatic nitrogens is 2. The normalized spacial score (nSPS) is 9.56. The number of nitrogens with one attached hydrogen (secondary N) is 3. The maximum atomic E-state index is 8.96. The van der Waals surface area contributed by atoms with Gasteiger partial charge < -0.3 is 15.3 Å². The van der Waals surface area contributed by atoms with Crippen molar-refractivity contribution in [3.63, 3.8) is 0 Å². The van der Waals surface area contributed by atoms with Crippen molar-refractivity contribution in [2.45, 2.75) is 6.54 Å². The highest BCUT2D eigenvalue weighted by Gasteiger charge is 2.02. The van der Waals surface area contributed by atoms with E-state index in [4.69, 9.17) is 15.8 Å². The van der Waals surface area contributed by atoms with E-state index in [1.807, 2.05) is 0 Å². The van der Waals surface area contributed by atoms with Gasteiger partial charge in [0.25, 0.3) is 0 Å². The number of hydrogen-bond donors (Lipinski definition) is 4. The molecule has 8 heteroatoms. The summed E-state index contributed by atoms with van der Waals surface area (Å²) in [7, 11) is 1.72. The van der Waals surface area contributed by atoms with Crippen molar-refractivity contribution in [2.75, 3.05) is 20.1 Å². The van der Waals surface area contributed by atoms with Crippen LogP contribution in [0.5, 0.6) is 5.88 Å². The van der Waals surface area contributed by atoms with Gasteiger partial charge in [-0.1, -0.05) is 0 Å². The van der Waals surface area contributed by atoms with Crippen molar-refractivity contribution >= 4 is 5.96 Å². The number of likely N-dealkylation sites (N-methyl/N-ethyl adjacent to an activating group) is 1. The topological polar surface area (TPSA) is 121 Å². The lowest BCUT2D eigenvalue weighted by Gasteiger charge is -2.18. The number of rotatable bonds is 5. The third kappa shape index (κ3) is 4.63. The van der Waals surface area contributed by atoms with Gasteiger partial charge in [-0.05, 0) is 6.07 Å². The van der Waals surface area contributed by atoms with Gasteiger partial charge >= 0.3 is 0 Å². The van der Waals surface area contributed by atoms with Gasteiger partial charge in [0, 0.05) is 32.7 Å². The molecule has 0 spiro atoms. The Hall–Kier alpha value is -2.40. The molecule has 0 aliphatic heterocycles. The highest BCUT2D eigenvalue weighted by molar-refractivity contribution is 5.77. The van der Waals surface area contributed by atoms with Crippen LogP contribution in [0.1, 0.15) is 5.69 Å². The molecule has 0 bridgehead atoms. The highest BCUT2D eigenvalue weighted by atomic mass is 16.3. The predicted octanol–water partition coefficient (Wildman–Crippen LogP) is -0.791. The molecule has 0 radical (unpaired) electrons. The maximum absolute atomic E-state index is 8.96. The van der Waals surface area contributed by atoms with E-state index in [-0.39, 0.29) is 11.8 Å². The molecule has 0 saturated carbocycles. The minimum Gasteiger partial charge on any atom is -0.492 e. The van der Waals surface area contributed by atoms with Crippen LogP contribution in [0.15, 0.2) is 12.1 Å². The molecule has 18 heavy (non-hydrogen) atoms. The van der Waals surface area contributed by atoms with E-state index >= 15 is 0 Å². The molecule has 8 nitrogen and oxygen atoms in total. The second kappa shape index (κ2) is 7.03. The molecule has 0 saturated heterocycles. The van der Waals surface area contributed by atoms with Gasteiger partial charge in [0.2, 0.25) is 11.8 Å². The lowest BCUT2D eigenvalue weighted by molar-refractivity contribution is 0.441. The van der Waals surface area contributed by atoms with E-state index in [1.54, 1.807) is 24.2 Å². The Morgan fingerprint density at radius 2 is 2.33 bits per heavy atom. The van der Waals surface area contributed by atoms with Gasteiger partial charge in [-0.2, -0.15) is 10.4 Å². The van der Waals surface area contributed by atoms with Crippen molar-refractivity contribution in [1.29, 1.82) is 10.7 Å². The zero-order chi connectivity index (χ0) is 13.4. The molecule has 1 aromatic rings. The average Bonchev–Trinajstić information content (AvgIpc) is 2.36. The number of aromatic hydroxyl groups is 1. The lowest BCUT2D eigenvalue weighted by atomic mass is 10.4. The van der Waals surface area contributed by atoms with E-state index in [0.29, 0.717) is 19.6 Å². The van der Waals surface area contributed by atoms with E-state index in [9.17, 15) is 0 Å². The van der Waals surface area contributed by atoms with Gasteiger partial charge in [0.05, 0.1) is 5.69 Å². The fraction of sp³-hybridized carbons (Fsp3) is 0.400. The summed E-state index contributed by atoms with van der Waals surface area (Å²) in [6.45, 7) is 1.74. The lowest BCUT2D eigenvalue weighted by Crippen LogP contribution is -2.39. The van der Waals surface area contributed by atoms with E-state index in [1.165, 1.54) is 6.07 Å². The largest absolute Gasteiger partial charge is 0.492 e. The van der Waals surface area contributed by atoms with Gasteiger partial charge in [0.1, 0.15) is 0 Å². The molecule has 1 heterocycles. The number of nitrogens with zero attached hydrogens (tertiary/aromatic N) is 4. The van der Waals surface area contributed by atoms with Gasteiger partial charge in [-0.15, -0.1) is 5.10 Å². The molecule has 0 aromatic carbocycles. The minimum absolute atomic E-state index is 0.0590. The Morgan fingerprint density at radius 3 is 2.94 bits per heavy atom. The molecular weight excluding hydrogens is 234 g/mol. The molecular formula is C10H15N7O. The fourth-order valence-electron chi connectivity index (χ4n) is 1.17. The van der Waals surface area contributed by atoms with Crippen molar-refractivity contribution in [3.05, 3.63) is 17.8 Å². The Balaban J connectivity index is 2.21. The van der Waals surface area contributed by atoms with Crippen molar-refractivity contribution < 1.29 is 5.11 Å². The maximum Gasteiger partial charge on any atom is 0.230 e. The Labute approximate surface area is 105 Å². The van der Waals surface area contributed by atoms with Crippen LogP contribution >= 0.6 is 0 Å². The second-order valence-electron chi connectivity index (χ2n) is 3.57. The average molecular weight is 249 g/mol. The third-order valence-electron chi connectivity index (χ3n) is 2.19. The molecule has 0 fully saturated rings. The number of guanidine groups is 1. The summed E-state index contributed by atoms with van der Waals surface area (Å²) in [4.78, 5) is 1.61. The van der Waals surface area contributed by atoms with Gasteiger partial charge in [-0.25, -0.2) is 0 Å². The summed E-state index contributed by atoms with van der Waals surface area (Å²) < 4.78 is 0. The van der Waals surface area contributed by atoms with Gasteiger partial charge in [0.15, 0.2) is 6.19 Å². The van der Waals surface area contributed by atoms with Crippen LogP contribution in [0, 0.1) is 16.9 Å². The quantitative estimate of drug-likeness (QED) is 0.177. The first kappa shape index (κ1) is 13.7. The first-order chi connectivity index (χ1) is 8.63. The molecule has 0 aliphatic carbocycles. The van der Waals surface area contributed by atoms with Crippen LogP contribution in [0.2, 0.25) is 0 Å². The molecule has 0 unspecified atom stereocenters. The van der Waals surface area contributed by atoms with Crippen LogP contribution in [0.25, 0.3) is 0 Å². The first-order valence-electron chi connectivity index (χ1n) is 5.30. The van der Waals surface area contributed by atoms with Crippen LogP contribution in [0.4, 0.5) is 0 Å². The Morgan fingerprint density at radius 1 is 1.56 bits per heavy atom. The highest BCUT2D eigenvalue weighted by Crippen LogP contribution is 2.00. The zero-order valence-corrected chi connectivity index (χ0v) is 10.0. The zero-order valence-electron chi connectivity index (χ0n) is 10.0. The number of nitriles is 1. The molecule has 0 amide bonds.